The lowest BCUT2D eigenvalue weighted by molar-refractivity contribution is -0.114. The Morgan fingerprint density at radius 2 is 1.65 bits per heavy atom. The van der Waals surface area contributed by atoms with Crippen molar-refractivity contribution in [1.82, 2.24) is 0 Å². The Balaban J connectivity index is 2.00. The maximum absolute atomic E-state index is 12.1. The molecular weight excluding hydrogens is 330 g/mol. The van der Waals surface area contributed by atoms with E-state index in [1.807, 2.05) is 6.07 Å². The normalized spacial score (nSPS) is 10.6. The molecular formula is C20H17N3O3. The molecule has 26 heavy (non-hydrogen) atoms. The molecule has 0 bridgehead atoms. The van der Waals surface area contributed by atoms with E-state index < -0.39 is 11.8 Å². The van der Waals surface area contributed by atoms with E-state index in [1.54, 1.807) is 48.5 Å². The molecule has 0 aromatic heterocycles. The third kappa shape index (κ3) is 5.14. The Kier molecular flexibility index (Phi) is 6.01. The first-order chi connectivity index (χ1) is 12.4. The Hall–Kier alpha value is -3.72. The second-order valence-corrected chi connectivity index (χ2v) is 5.60. The lowest BCUT2D eigenvalue weighted by Crippen LogP contribution is -2.16. The molecule has 2 aromatic rings. The van der Waals surface area contributed by atoms with Gasteiger partial charge in [-0.3, -0.25) is 14.4 Å². The van der Waals surface area contributed by atoms with Crippen molar-refractivity contribution in [3.05, 3.63) is 71.3 Å². The van der Waals surface area contributed by atoms with Crippen LogP contribution in [0, 0.1) is 11.3 Å². The van der Waals surface area contributed by atoms with E-state index in [9.17, 15) is 14.4 Å². The lowest BCUT2D eigenvalue weighted by atomic mass is 10.1. The van der Waals surface area contributed by atoms with Gasteiger partial charge < -0.3 is 10.6 Å². The van der Waals surface area contributed by atoms with Gasteiger partial charge >= 0.3 is 0 Å². The first-order valence-corrected chi connectivity index (χ1v) is 7.81. The van der Waals surface area contributed by atoms with Gasteiger partial charge in [-0.25, -0.2) is 0 Å². The predicted octanol–water partition coefficient (Wildman–Crippen LogP) is 3.28. The van der Waals surface area contributed by atoms with Gasteiger partial charge in [0.2, 0.25) is 5.91 Å². The summed E-state index contributed by atoms with van der Waals surface area (Å²) in [6, 6.07) is 14.9. The van der Waals surface area contributed by atoms with Crippen molar-refractivity contribution in [3.8, 4) is 6.07 Å². The smallest absolute Gasteiger partial charge is 0.251 e. The van der Waals surface area contributed by atoms with E-state index in [-0.39, 0.29) is 11.4 Å². The molecule has 0 aliphatic heterocycles. The largest absolute Gasteiger partial charge is 0.323 e. The number of ketones is 1. The van der Waals surface area contributed by atoms with E-state index in [0.717, 1.165) is 0 Å². The fraction of sp³-hybridized carbons (Fsp3) is 0.100. The van der Waals surface area contributed by atoms with Gasteiger partial charge in [0, 0.05) is 28.6 Å². The molecule has 6 heteroatoms. The molecule has 0 saturated heterocycles. The number of Topliss-reactive ketones (excluding diaryl/α,β-unsaturated/α-hetero) is 1. The molecule has 0 unspecified atom stereocenters. The standard InChI is InChI=1S/C20H17N3O3/c1-13(20(26)23-18-5-3-4-15(11-18)12-21)10-19(25)22-17-8-6-16(7-9-17)14(2)24/h3-11H,1-2H3,(H,22,25)(H,23,26)/b13-10+. The molecule has 0 radical (unpaired) electrons. The van der Waals surface area contributed by atoms with Crippen molar-refractivity contribution >= 4 is 29.0 Å². The third-order valence-corrected chi connectivity index (χ3v) is 3.51. The molecule has 0 saturated carbocycles. The van der Waals surface area contributed by atoms with Crippen LogP contribution in [0.2, 0.25) is 0 Å². The molecule has 6 nitrogen and oxygen atoms in total. The van der Waals surface area contributed by atoms with Crippen LogP contribution in [0.15, 0.2) is 60.2 Å². The number of anilines is 2. The molecule has 0 heterocycles. The summed E-state index contributed by atoms with van der Waals surface area (Å²) in [7, 11) is 0. The first kappa shape index (κ1) is 18.6. The molecule has 0 atom stereocenters. The van der Waals surface area contributed by atoms with Crippen molar-refractivity contribution in [2.24, 2.45) is 0 Å². The zero-order chi connectivity index (χ0) is 19.1. The molecule has 0 aliphatic carbocycles. The van der Waals surface area contributed by atoms with E-state index >= 15 is 0 Å². The van der Waals surface area contributed by atoms with E-state index in [1.165, 1.54) is 19.9 Å². The third-order valence-electron chi connectivity index (χ3n) is 3.51. The molecule has 2 amide bonds. The summed E-state index contributed by atoms with van der Waals surface area (Å²) in [5.74, 6) is -0.961. The van der Waals surface area contributed by atoms with Gasteiger partial charge in [-0.1, -0.05) is 6.07 Å². The van der Waals surface area contributed by atoms with Crippen LogP contribution in [0.25, 0.3) is 0 Å². The highest BCUT2D eigenvalue weighted by molar-refractivity contribution is 6.10. The average Bonchev–Trinajstić information content (AvgIpc) is 2.62. The highest BCUT2D eigenvalue weighted by Gasteiger charge is 2.08. The summed E-state index contributed by atoms with van der Waals surface area (Å²) in [6.45, 7) is 2.98. The number of benzene rings is 2. The van der Waals surface area contributed by atoms with E-state index in [0.29, 0.717) is 22.5 Å². The number of nitrogens with zero attached hydrogens (tertiary/aromatic N) is 1. The molecule has 130 valence electrons. The molecule has 0 aliphatic rings. The van der Waals surface area contributed by atoms with Crippen LogP contribution in [0.5, 0.6) is 0 Å². The van der Waals surface area contributed by atoms with Gasteiger partial charge in [0.1, 0.15) is 0 Å². The maximum Gasteiger partial charge on any atom is 0.251 e. The predicted molar refractivity (Wildman–Crippen MR) is 98.6 cm³/mol. The second-order valence-electron chi connectivity index (χ2n) is 5.60. The van der Waals surface area contributed by atoms with Gasteiger partial charge in [-0.15, -0.1) is 0 Å². The quantitative estimate of drug-likeness (QED) is 0.640. The minimum atomic E-state index is -0.459. The fourth-order valence-electron chi connectivity index (χ4n) is 2.12. The van der Waals surface area contributed by atoms with Crippen molar-refractivity contribution in [2.75, 3.05) is 10.6 Å². The van der Waals surface area contributed by atoms with Crippen molar-refractivity contribution < 1.29 is 14.4 Å². The molecule has 2 N–H and O–H groups in total. The highest BCUT2D eigenvalue weighted by atomic mass is 16.2. The van der Waals surface area contributed by atoms with E-state index in [2.05, 4.69) is 10.6 Å². The van der Waals surface area contributed by atoms with Gasteiger partial charge in [-0.05, 0) is 56.3 Å². The van der Waals surface area contributed by atoms with Crippen molar-refractivity contribution in [3.63, 3.8) is 0 Å². The minimum absolute atomic E-state index is 0.0595. The number of hydrogen-bond donors (Lipinski definition) is 2. The minimum Gasteiger partial charge on any atom is -0.323 e. The van der Waals surface area contributed by atoms with Crippen LogP contribution in [0.1, 0.15) is 29.8 Å². The Morgan fingerprint density at radius 3 is 2.27 bits per heavy atom. The van der Waals surface area contributed by atoms with Crippen LogP contribution in [-0.2, 0) is 9.59 Å². The average molecular weight is 347 g/mol. The van der Waals surface area contributed by atoms with Gasteiger partial charge in [0.05, 0.1) is 11.6 Å². The number of amides is 2. The first-order valence-electron chi connectivity index (χ1n) is 7.81. The number of carbonyl (C=O) groups excluding carboxylic acids is 3. The topological polar surface area (TPSA) is 99.1 Å². The Morgan fingerprint density at radius 1 is 0.962 bits per heavy atom. The summed E-state index contributed by atoms with van der Waals surface area (Å²) in [5, 5.41) is 14.1. The van der Waals surface area contributed by atoms with Crippen LogP contribution in [0.4, 0.5) is 11.4 Å². The number of carbonyl (C=O) groups is 3. The summed E-state index contributed by atoms with van der Waals surface area (Å²) >= 11 is 0. The van der Waals surface area contributed by atoms with Gasteiger partial charge in [-0.2, -0.15) is 5.26 Å². The maximum atomic E-state index is 12.1. The lowest BCUT2D eigenvalue weighted by Gasteiger charge is -2.07. The Labute approximate surface area is 151 Å². The van der Waals surface area contributed by atoms with E-state index in [4.69, 9.17) is 5.26 Å². The van der Waals surface area contributed by atoms with Crippen LogP contribution in [-0.4, -0.2) is 17.6 Å². The Bertz CT molecular complexity index is 922. The molecule has 0 fully saturated rings. The zero-order valence-corrected chi connectivity index (χ0v) is 14.4. The summed E-state index contributed by atoms with van der Waals surface area (Å²) in [6.07, 6.45) is 1.18. The van der Waals surface area contributed by atoms with Gasteiger partial charge in [0.15, 0.2) is 5.78 Å². The molecule has 2 aromatic carbocycles. The fourth-order valence-corrected chi connectivity index (χ4v) is 2.12. The number of nitrogens with one attached hydrogen (secondary N) is 2. The number of nitriles is 1. The zero-order valence-electron chi connectivity index (χ0n) is 14.4. The highest BCUT2D eigenvalue weighted by Crippen LogP contribution is 2.12. The van der Waals surface area contributed by atoms with Gasteiger partial charge in [0.25, 0.3) is 5.91 Å². The summed E-state index contributed by atoms with van der Waals surface area (Å²) in [5.41, 5.74) is 2.18. The SMILES string of the molecule is CC(=O)c1ccc(NC(=O)/C=C(\C)C(=O)Nc2cccc(C#N)c2)cc1. The van der Waals surface area contributed by atoms with Crippen LogP contribution < -0.4 is 10.6 Å². The van der Waals surface area contributed by atoms with Crippen molar-refractivity contribution in [2.45, 2.75) is 13.8 Å². The van der Waals surface area contributed by atoms with Crippen LogP contribution >= 0.6 is 0 Å². The number of rotatable bonds is 5. The molecule has 2 rings (SSSR count). The number of hydrogen-bond acceptors (Lipinski definition) is 4. The monoisotopic (exact) mass is 347 g/mol. The van der Waals surface area contributed by atoms with Crippen LogP contribution in [0.3, 0.4) is 0 Å². The summed E-state index contributed by atoms with van der Waals surface area (Å²) in [4.78, 5) is 35.4. The van der Waals surface area contributed by atoms with Crippen molar-refractivity contribution in [1.29, 1.82) is 5.26 Å². The summed E-state index contributed by atoms with van der Waals surface area (Å²) < 4.78 is 0. The second kappa shape index (κ2) is 8.40. The molecule has 0 spiro atoms.